The molecule has 1 aliphatic carbocycles. The quantitative estimate of drug-likeness (QED) is 0.613. The fourth-order valence-electron chi connectivity index (χ4n) is 2.21. The highest BCUT2D eigenvalue weighted by atomic mass is 16.5. The zero-order valence-corrected chi connectivity index (χ0v) is 8.46. The molecule has 1 heterocycles. The van der Waals surface area contributed by atoms with Crippen LogP contribution in [0.1, 0.15) is 26.2 Å². The molecule has 0 aromatic heterocycles. The lowest BCUT2D eigenvalue weighted by atomic mass is 9.94. The number of rotatable bonds is 1. The van der Waals surface area contributed by atoms with Crippen LogP contribution in [0.4, 0.5) is 0 Å². The minimum Gasteiger partial charge on any atom is -0.378 e. The lowest BCUT2D eigenvalue weighted by Crippen LogP contribution is -2.36. The summed E-state index contributed by atoms with van der Waals surface area (Å²) in [5.41, 5.74) is 1.57. The van der Waals surface area contributed by atoms with Gasteiger partial charge in [0, 0.05) is 18.8 Å². The molecule has 2 aliphatic rings. The van der Waals surface area contributed by atoms with E-state index in [1.54, 1.807) is 5.70 Å². The molecule has 1 unspecified atom stereocenters. The van der Waals surface area contributed by atoms with Crippen molar-refractivity contribution in [3.63, 3.8) is 0 Å². The molecule has 1 atom stereocenters. The maximum absolute atomic E-state index is 5.35. The summed E-state index contributed by atoms with van der Waals surface area (Å²) in [6.45, 7) is 6.33. The van der Waals surface area contributed by atoms with E-state index >= 15 is 0 Å². The van der Waals surface area contributed by atoms with Crippen molar-refractivity contribution in [3.8, 4) is 0 Å². The number of ether oxygens (including phenoxy) is 1. The monoisotopic (exact) mass is 181 g/mol. The Morgan fingerprint density at radius 1 is 1.38 bits per heavy atom. The van der Waals surface area contributed by atoms with E-state index in [-0.39, 0.29) is 0 Å². The Balaban J connectivity index is 1.97. The molecular formula is C11H19NO. The molecule has 1 saturated heterocycles. The van der Waals surface area contributed by atoms with Crippen molar-refractivity contribution < 1.29 is 4.74 Å². The van der Waals surface area contributed by atoms with Gasteiger partial charge in [0.15, 0.2) is 0 Å². The molecule has 0 radical (unpaired) electrons. The van der Waals surface area contributed by atoms with Crippen LogP contribution in [-0.2, 0) is 4.74 Å². The minimum atomic E-state index is 0.784. The molecule has 2 rings (SSSR count). The van der Waals surface area contributed by atoms with Crippen molar-refractivity contribution in [2.75, 3.05) is 26.3 Å². The van der Waals surface area contributed by atoms with Crippen molar-refractivity contribution in [1.82, 2.24) is 4.90 Å². The second-order valence-corrected chi connectivity index (χ2v) is 4.13. The number of nitrogens with zero attached hydrogens (tertiary/aromatic N) is 1. The van der Waals surface area contributed by atoms with Gasteiger partial charge in [0.25, 0.3) is 0 Å². The highest BCUT2D eigenvalue weighted by Gasteiger charge is 2.17. The highest BCUT2D eigenvalue weighted by Crippen LogP contribution is 2.25. The first kappa shape index (κ1) is 9.07. The molecule has 1 aliphatic heterocycles. The predicted molar refractivity (Wildman–Crippen MR) is 53.5 cm³/mol. The van der Waals surface area contributed by atoms with Crippen LogP contribution in [0.15, 0.2) is 11.8 Å². The second kappa shape index (κ2) is 4.14. The first-order valence-electron chi connectivity index (χ1n) is 5.39. The molecule has 1 fully saturated rings. The average Bonchev–Trinajstić information content (AvgIpc) is 2.19. The molecule has 74 valence electrons. The van der Waals surface area contributed by atoms with Gasteiger partial charge in [-0.2, -0.15) is 0 Å². The van der Waals surface area contributed by atoms with E-state index in [4.69, 9.17) is 4.74 Å². The summed E-state index contributed by atoms with van der Waals surface area (Å²) in [5.74, 6) is 0.784. The molecule has 0 aromatic rings. The van der Waals surface area contributed by atoms with Crippen LogP contribution >= 0.6 is 0 Å². The third kappa shape index (κ3) is 2.25. The van der Waals surface area contributed by atoms with Crippen LogP contribution < -0.4 is 0 Å². The second-order valence-electron chi connectivity index (χ2n) is 4.13. The van der Waals surface area contributed by atoms with E-state index in [9.17, 15) is 0 Å². The molecule has 2 heteroatoms. The Hall–Kier alpha value is -0.500. The van der Waals surface area contributed by atoms with Gasteiger partial charge in [-0.05, 0) is 25.2 Å². The SMILES string of the molecule is CC1C=C(N2CCOCC2)CCC1. The maximum Gasteiger partial charge on any atom is 0.0642 e. The smallest absolute Gasteiger partial charge is 0.0642 e. The third-order valence-electron chi connectivity index (χ3n) is 2.99. The Kier molecular flexibility index (Phi) is 2.89. The van der Waals surface area contributed by atoms with Crippen molar-refractivity contribution >= 4 is 0 Å². The molecule has 2 nitrogen and oxygen atoms in total. The Morgan fingerprint density at radius 2 is 2.15 bits per heavy atom. The Bertz CT molecular complexity index is 194. The van der Waals surface area contributed by atoms with Gasteiger partial charge in [0.05, 0.1) is 13.2 Å². The summed E-state index contributed by atoms with van der Waals surface area (Å²) >= 11 is 0. The van der Waals surface area contributed by atoms with E-state index in [1.807, 2.05) is 0 Å². The standard InChI is InChI=1S/C11H19NO/c1-10-3-2-4-11(9-10)12-5-7-13-8-6-12/h9-10H,2-8H2,1H3. The van der Waals surface area contributed by atoms with E-state index in [0.29, 0.717) is 0 Å². The van der Waals surface area contributed by atoms with Gasteiger partial charge in [0.1, 0.15) is 0 Å². The van der Waals surface area contributed by atoms with Crippen LogP contribution in [0, 0.1) is 5.92 Å². The number of morpholine rings is 1. The van der Waals surface area contributed by atoms with Gasteiger partial charge in [0.2, 0.25) is 0 Å². The molecule has 0 spiro atoms. The van der Waals surface area contributed by atoms with Gasteiger partial charge >= 0.3 is 0 Å². The molecule has 0 bridgehead atoms. The van der Waals surface area contributed by atoms with E-state index in [1.165, 1.54) is 19.3 Å². The average molecular weight is 181 g/mol. The number of hydrogen-bond donors (Lipinski definition) is 0. The normalized spacial score (nSPS) is 30.1. The first-order chi connectivity index (χ1) is 6.36. The first-order valence-corrected chi connectivity index (χ1v) is 5.39. The molecular weight excluding hydrogens is 162 g/mol. The van der Waals surface area contributed by atoms with Crippen LogP contribution in [0.3, 0.4) is 0 Å². The fraction of sp³-hybridized carbons (Fsp3) is 0.818. The van der Waals surface area contributed by atoms with E-state index in [0.717, 1.165) is 32.2 Å². The number of allylic oxidation sites excluding steroid dienone is 2. The van der Waals surface area contributed by atoms with Crippen molar-refractivity contribution in [2.24, 2.45) is 5.92 Å². The summed E-state index contributed by atoms with van der Waals surface area (Å²) < 4.78 is 5.35. The summed E-state index contributed by atoms with van der Waals surface area (Å²) in [6, 6.07) is 0. The number of hydrogen-bond acceptors (Lipinski definition) is 2. The van der Waals surface area contributed by atoms with Crippen LogP contribution in [0.5, 0.6) is 0 Å². The predicted octanol–water partition coefficient (Wildman–Crippen LogP) is 2.02. The van der Waals surface area contributed by atoms with E-state index in [2.05, 4.69) is 17.9 Å². The summed E-state index contributed by atoms with van der Waals surface area (Å²) in [6.07, 6.45) is 6.47. The molecule has 0 saturated carbocycles. The lowest BCUT2D eigenvalue weighted by Gasteiger charge is -2.33. The van der Waals surface area contributed by atoms with Gasteiger partial charge in [-0.1, -0.05) is 13.0 Å². The van der Waals surface area contributed by atoms with Gasteiger partial charge < -0.3 is 9.64 Å². The van der Waals surface area contributed by atoms with E-state index < -0.39 is 0 Å². The molecule has 13 heavy (non-hydrogen) atoms. The Labute approximate surface area is 80.6 Å². The lowest BCUT2D eigenvalue weighted by molar-refractivity contribution is 0.0508. The highest BCUT2D eigenvalue weighted by molar-refractivity contribution is 5.07. The molecule has 0 aromatic carbocycles. The zero-order chi connectivity index (χ0) is 9.10. The summed E-state index contributed by atoms with van der Waals surface area (Å²) in [7, 11) is 0. The fourth-order valence-corrected chi connectivity index (χ4v) is 2.21. The van der Waals surface area contributed by atoms with Crippen LogP contribution in [0.25, 0.3) is 0 Å². The van der Waals surface area contributed by atoms with Crippen molar-refractivity contribution in [2.45, 2.75) is 26.2 Å². The topological polar surface area (TPSA) is 12.5 Å². The molecule has 0 N–H and O–H groups in total. The minimum absolute atomic E-state index is 0.784. The van der Waals surface area contributed by atoms with Crippen molar-refractivity contribution in [1.29, 1.82) is 0 Å². The van der Waals surface area contributed by atoms with Gasteiger partial charge in [-0.25, -0.2) is 0 Å². The zero-order valence-electron chi connectivity index (χ0n) is 8.46. The summed E-state index contributed by atoms with van der Waals surface area (Å²) in [5, 5.41) is 0. The van der Waals surface area contributed by atoms with Crippen molar-refractivity contribution in [3.05, 3.63) is 11.8 Å². The van der Waals surface area contributed by atoms with Gasteiger partial charge in [-0.15, -0.1) is 0 Å². The van der Waals surface area contributed by atoms with Crippen LogP contribution in [0.2, 0.25) is 0 Å². The third-order valence-corrected chi connectivity index (χ3v) is 2.99. The Morgan fingerprint density at radius 3 is 2.85 bits per heavy atom. The van der Waals surface area contributed by atoms with Gasteiger partial charge in [-0.3, -0.25) is 0 Å². The largest absolute Gasteiger partial charge is 0.378 e. The molecule has 0 amide bonds. The maximum atomic E-state index is 5.35. The van der Waals surface area contributed by atoms with Crippen LogP contribution in [-0.4, -0.2) is 31.2 Å². The summed E-state index contributed by atoms with van der Waals surface area (Å²) in [4.78, 5) is 2.50.